The van der Waals surface area contributed by atoms with E-state index in [1.165, 1.54) is 38.4 Å². The maximum absolute atomic E-state index is 13.4. The van der Waals surface area contributed by atoms with E-state index >= 15 is 0 Å². The highest BCUT2D eigenvalue weighted by atomic mass is 127. The molecule has 0 heterocycles. The number of halogens is 2. The second-order valence-electron chi connectivity index (χ2n) is 5.88. The molecular formula is C18H20FIN2O3S. The first-order valence-corrected chi connectivity index (χ1v) is 10.4. The van der Waals surface area contributed by atoms with Gasteiger partial charge in [0.25, 0.3) is 5.91 Å². The minimum atomic E-state index is -3.64. The van der Waals surface area contributed by atoms with Crippen LogP contribution in [0.15, 0.2) is 47.4 Å². The third-order valence-electron chi connectivity index (χ3n) is 3.88. The average Bonchev–Trinajstić information content (AvgIpc) is 2.59. The molecule has 0 aromatic heterocycles. The van der Waals surface area contributed by atoms with Crippen molar-refractivity contribution in [2.45, 2.75) is 18.4 Å². The summed E-state index contributed by atoms with van der Waals surface area (Å²) >= 11 is 2.01. The van der Waals surface area contributed by atoms with Crippen LogP contribution >= 0.6 is 22.6 Å². The van der Waals surface area contributed by atoms with Crippen LogP contribution in [0.25, 0.3) is 0 Å². The third-order valence-corrected chi connectivity index (χ3v) is 6.63. The lowest BCUT2D eigenvalue weighted by Crippen LogP contribution is -2.31. The molecule has 0 N–H and O–H groups in total. The summed E-state index contributed by atoms with van der Waals surface area (Å²) < 4.78 is 39.8. The van der Waals surface area contributed by atoms with Crippen molar-refractivity contribution in [2.75, 3.05) is 20.6 Å². The highest BCUT2D eigenvalue weighted by molar-refractivity contribution is 14.1. The van der Waals surface area contributed by atoms with E-state index in [0.29, 0.717) is 21.2 Å². The quantitative estimate of drug-likeness (QED) is 0.584. The van der Waals surface area contributed by atoms with Crippen molar-refractivity contribution in [3.8, 4) is 0 Å². The second-order valence-corrected chi connectivity index (χ2v) is 9.19. The maximum atomic E-state index is 13.4. The van der Waals surface area contributed by atoms with Gasteiger partial charge in [0.15, 0.2) is 0 Å². The van der Waals surface area contributed by atoms with Crippen molar-refractivity contribution in [1.82, 2.24) is 9.21 Å². The van der Waals surface area contributed by atoms with E-state index in [1.54, 1.807) is 23.1 Å². The van der Waals surface area contributed by atoms with E-state index in [2.05, 4.69) is 0 Å². The van der Waals surface area contributed by atoms with Crippen molar-refractivity contribution in [2.24, 2.45) is 0 Å². The molecule has 0 aliphatic rings. The zero-order chi connectivity index (χ0) is 19.5. The number of carbonyl (C=O) groups is 1. The molecule has 0 spiro atoms. The molecule has 0 aliphatic heterocycles. The Balaban J connectivity index is 2.37. The van der Waals surface area contributed by atoms with E-state index in [0.717, 1.165) is 4.31 Å². The summed E-state index contributed by atoms with van der Waals surface area (Å²) in [5.41, 5.74) is 0.985. The number of amides is 1. The Morgan fingerprint density at radius 1 is 1.15 bits per heavy atom. The standard InChI is InChI=1S/C18H20FIN2O3S/c1-4-22(12-13-6-5-7-14(19)10-13)18(23)16-11-15(8-9-17(16)20)26(24,25)21(2)3/h5-11H,4,12H2,1-3H3. The fourth-order valence-corrected chi connectivity index (χ4v) is 3.89. The van der Waals surface area contributed by atoms with E-state index in [-0.39, 0.29) is 23.2 Å². The average molecular weight is 490 g/mol. The Morgan fingerprint density at radius 2 is 1.85 bits per heavy atom. The van der Waals surface area contributed by atoms with Crippen LogP contribution in [0, 0.1) is 9.39 Å². The van der Waals surface area contributed by atoms with Crippen LogP contribution in [0.5, 0.6) is 0 Å². The number of nitrogens with zero attached hydrogens (tertiary/aromatic N) is 2. The molecule has 0 bridgehead atoms. The highest BCUT2D eigenvalue weighted by Gasteiger charge is 2.23. The number of rotatable bonds is 6. The predicted molar refractivity (Wildman–Crippen MR) is 107 cm³/mol. The fraction of sp³-hybridized carbons (Fsp3) is 0.278. The van der Waals surface area contributed by atoms with Gasteiger partial charge in [0.2, 0.25) is 10.0 Å². The monoisotopic (exact) mass is 490 g/mol. The first kappa shape index (κ1) is 20.8. The van der Waals surface area contributed by atoms with Crippen LogP contribution in [0.1, 0.15) is 22.8 Å². The summed E-state index contributed by atoms with van der Waals surface area (Å²) in [5.74, 6) is -0.656. The molecule has 2 rings (SSSR count). The SMILES string of the molecule is CCN(Cc1cccc(F)c1)C(=O)c1cc(S(=O)(=O)N(C)C)ccc1I. The van der Waals surface area contributed by atoms with Gasteiger partial charge < -0.3 is 4.90 Å². The zero-order valence-corrected chi connectivity index (χ0v) is 17.7. The highest BCUT2D eigenvalue weighted by Crippen LogP contribution is 2.22. The number of hydrogen-bond acceptors (Lipinski definition) is 3. The molecule has 140 valence electrons. The van der Waals surface area contributed by atoms with Gasteiger partial charge in [0, 0.05) is 30.8 Å². The van der Waals surface area contributed by atoms with Gasteiger partial charge >= 0.3 is 0 Å². The lowest BCUT2D eigenvalue weighted by atomic mass is 10.1. The molecular weight excluding hydrogens is 470 g/mol. The molecule has 0 saturated carbocycles. The maximum Gasteiger partial charge on any atom is 0.255 e. The van der Waals surface area contributed by atoms with Gasteiger partial charge in [-0.2, -0.15) is 0 Å². The Morgan fingerprint density at radius 3 is 2.42 bits per heavy atom. The third kappa shape index (κ3) is 4.60. The lowest BCUT2D eigenvalue weighted by Gasteiger charge is -2.22. The predicted octanol–water partition coefficient (Wildman–Crippen LogP) is 3.34. The molecule has 0 saturated heterocycles. The number of sulfonamides is 1. The normalized spacial score (nSPS) is 11.6. The number of carbonyl (C=O) groups excluding carboxylic acids is 1. The molecule has 1 amide bonds. The van der Waals surface area contributed by atoms with Crippen LogP contribution in [-0.4, -0.2) is 44.2 Å². The van der Waals surface area contributed by atoms with Crippen molar-refractivity contribution in [1.29, 1.82) is 0 Å². The zero-order valence-electron chi connectivity index (χ0n) is 14.7. The summed E-state index contributed by atoms with van der Waals surface area (Å²) in [6.07, 6.45) is 0. The Bertz CT molecular complexity index is 916. The van der Waals surface area contributed by atoms with E-state index < -0.39 is 10.0 Å². The summed E-state index contributed by atoms with van der Waals surface area (Å²) in [6.45, 7) is 2.48. The van der Waals surface area contributed by atoms with Crippen LogP contribution in [-0.2, 0) is 16.6 Å². The smallest absolute Gasteiger partial charge is 0.255 e. The van der Waals surface area contributed by atoms with Gasteiger partial charge in [-0.1, -0.05) is 12.1 Å². The summed E-state index contributed by atoms with van der Waals surface area (Å²) in [6, 6.07) is 10.6. The van der Waals surface area contributed by atoms with Crippen molar-refractivity contribution in [3.63, 3.8) is 0 Å². The van der Waals surface area contributed by atoms with Crippen molar-refractivity contribution < 1.29 is 17.6 Å². The van der Waals surface area contributed by atoms with Gasteiger partial charge in [-0.15, -0.1) is 0 Å². The summed E-state index contributed by atoms with van der Waals surface area (Å²) in [7, 11) is -0.754. The largest absolute Gasteiger partial charge is 0.335 e. The molecule has 26 heavy (non-hydrogen) atoms. The van der Waals surface area contributed by atoms with Gasteiger partial charge in [-0.3, -0.25) is 4.79 Å². The molecule has 5 nitrogen and oxygen atoms in total. The molecule has 0 radical (unpaired) electrons. The van der Waals surface area contributed by atoms with Crippen LogP contribution in [0.2, 0.25) is 0 Å². The number of benzene rings is 2. The van der Waals surface area contributed by atoms with Crippen molar-refractivity contribution >= 4 is 38.5 Å². The molecule has 8 heteroatoms. The van der Waals surface area contributed by atoms with Gasteiger partial charge in [0.05, 0.1) is 10.5 Å². The first-order chi connectivity index (χ1) is 12.2. The Hall–Kier alpha value is -1.52. The summed E-state index contributed by atoms with van der Waals surface area (Å²) in [4.78, 5) is 14.6. The lowest BCUT2D eigenvalue weighted by molar-refractivity contribution is 0.0751. The molecule has 0 fully saturated rings. The van der Waals surface area contributed by atoms with Crippen LogP contribution < -0.4 is 0 Å². The second kappa shape index (κ2) is 8.45. The van der Waals surface area contributed by atoms with Crippen molar-refractivity contribution in [3.05, 3.63) is 63.0 Å². The van der Waals surface area contributed by atoms with E-state index in [1.807, 2.05) is 29.5 Å². The minimum Gasteiger partial charge on any atom is -0.335 e. The van der Waals surface area contributed by atoms with E-state index in [9.17, 15) is 17.6 Å². The van der Waals surface area contributed by atoms with Gasteiger partial charge in [-0.05, 0) is 65.4 Å². The minimum absolute atomic E-state index is 0.0630. The molecule has 2 aromatic rings. The molecule has 0 atom stereocenters. The molecule has 2 aromatic carbocycles. The van der Waals surface area contributed by atoms with E-state index in [4.69, 9.17) is 0 Å². The van der Waals surface area contributed by atoms with Gasteiger partial charge in [-0.25, -0.2) is 17.1 Å². The van der Waals surface area contributed by atoms with Crippen LogP contribution in [0.3, 0.4) is 0 Å². The fourth-order valence-electron chi connectivity index (χ4n) is 2.39. The Kier molecular flexibility index (Phi) is 6.75. The molecule has 0 unspecified atom stereocenters. The first-order valence-electron chi connectivity index (χ1n) is 7.92. The van der Waals surface area contributed by atoms with Crippen LogP contribution in [0.4, 0.5) is 4.39 Å². The number of hydrogen-bond donors (Lipinski definition) is 0. The Labute approximate surface area is 167 Å². The molecule has 0 aliphatic carbocycles. The summed E-state index contributed by atoms with van der Waals surface area (Å²) in [5, 5.41) is 0. The van der Waals surface area contributed by atoms with Gasteiger partial charge in [0.1, 0.15) is 5.82 Å². The topological polar surface area (TPSA) is 57.7 Å².